The molecule has 2 aliphatic rings. The molecule has 0 unspecified atom stereocenters. The van der Waals surface area contributed by atoms with Crippen LogP contribution >= 0.6 is 11.6 Å². The van der Waals surface area contributed by atoms with Gasteiger partial charge in [0.2, 0.25) is 5.88 Å². The molecule has 8 nitrogen and oxygen atoms in total. The van der Waals surface area contributed by atoms with Crippen molar-refractivity contribution in [1.29, 1.82) is 0 Å². The fourth-order valence-electron chi connectivity index (χ4n) is 4.29. The maximum absolute atomic E-state index is 10.4. The molecule has 0 spiro atoms. The van der Waals surface area contributed by atoms with Gasteiger partial charge < -0.3 is 24.8 Å². The number of methoxy groups -OCH3 is 1. The van der Waals surface area contributed by atoms with Gasteiger partial charge in [-0.3, -0.25) is 0 Å². The summed E-state index contributed by atoms with van der Waals surface area (Å²) in [6, 6.07) is 7.06. The molecule has 3 heterocycles. The summed E-state index contributed by atoms with van der Waals surface area (Å²) in [5.74, 6) is 0.961. The predicted molar refractivity (Wildman–Crippen MR) is 103 cm³/mol. The Balaban J connectivity index is 1.46. The summed E-state index contributed by atoms with van der Waals surface area (Å²) in [7, 11) is 1.58. The van der Waals surface area contributed by atoms with E-state index < -0.39 is 12.2 Å². The number of nitrogens with zero attached hydrogens (tertiary/aromatic N) is 4. The number of aliphatic hydroxyl groups excluding tert-OH is 2. The lowest BCUT2D eigenvalue weighted by Gasteiger charge is -2.22. The lowest BCUT2D eigenvalue weighted by molar-refractivity contribution is 0.00386. The lowest BCUT2D eigenvalue weighted by atomic mass is 10.1. The third-order valence-corrected chi connectivity index (χ3v) is 5.93. The molecule has 3 aromatic heterocycles. The lowest BCUT2D eigenvalue weighted by Crippen LogP contribution is -2.31. The highest BCUT2D eigenvalue weighted by Gasteiger charge is 2.60. The Morgan fingerprint density at radius 3 is 2.86 bits per heavy atom. The van der Waals surface area contributed by atoms with Gasteiger partial charge in [0.05, 0.1) is 43.5 Å². The molecule has 2 aliphatic carbocycles. The number of nitrogens with one attached hydrogen (secondary N) is 1. The van der Waals surface area contributed by atoms with Crippen molar-refractivity contribution in [3.05, 3.63) is 41.4 Å². The number of ether oxygens (including phenoxy) is 1. The Hall–Kier alpha value is -2.42. The molecule has 0 bridgehead atoms. The van der Waals surface area contributed by atoms with Crippen LogP contribution in [0.15, 0.2) is 30.6 Å². The molecule has 9 heteroatoms. The van der Waals surface area contributed by atoms with Gasteiger partial charge in [0.25, 0.3) is 0 Å². The topological polar surface area (TPSA) is 105 Å². The van der Waals surface area contributed by atoms with Crippen molar-refractivity contribution in [2.45, 2.75) is 31.2 Å². The molecule has 5 atom stereocenters. The van der Waals surface area contributed by atoms with Crippen LogP contribution in [0.4, 0.5) is 5.69 Å². The smallest absolute Gasteiger partial charge is 0.213 e. The number of hydrogen-bond donors (Lipinski definition) is 3. The zero-order valence-corrected chi connectivity index (χ0v) is 15.9. The average Bonchev–Trinajstić information content (AvgIpc) is 3.31. The standard InChI is InChI=1S/C19H20ClN5O3/c1-28-14-4-2-3-9(23-14)7-21-12-6-13(20)24-19-15(12)22-8-25(19)16-10-5-11(10)17(26)18(16)27/h2-4,6,8,10-11,16-18,26-27H,5,7H2,1H3,(H,21,24)/t10-,11+,16+,17+,18-/m0/s1. The maximum Gasteiger partial charge on any atom is 0.213 e. The average molecular weight is 402 g/mol. The molecule has 5 rings (SSSR count). The quantitative estimate of drug-likeness (QED) is 0.561. The van der Waals surface area contributed by atoms with E-state index in [1.807, 2.05) is 16.7 Å². The molecule has 146 valence electrons. The molecule has 28 heavy (non-hydrogen) atoms. The molecule has 2 fully saturated rings. The highest BCUT2D eigenvalue weighted by atomic mass is 35.5. The maximum atomic E-state index is 10.4. The zero-order chi connectivity index (χ0) is 19.4. The first kappa shape index (κ1) is 17.7. The molecular weight excluding hydrogens is 382 g/mol. The van der Waals surface area contributed by atoms with E-state index in [0.717, 1.165) is 17.8 Å². The molecule has 0 radical (unpaired) electrons. The van der Waals surface area contributed by atoms with E-state index in [1.54, 1.807) is 25.6 Å². The molecule has 0 amide bonds. The number of pyridine rings is 2. The van der Waals surface area contributed by atoms with E-state index in [1.165, 1.54) is 0 Å². The van der Waals surface area contributed by atoms with Gasteiger partial charge in [0, 0.05) is 12.1 Å². The number of halogens is 1. The van der Waals surface area contributed by atoms with E-state index in [0.29, 0.717) is 28.7 Å². The summed E-state index contributed by atoms with van der Waals surface area (Å²) >= 11 is 6.26. The van der Waals surface area contributed by atoms with Gasteiger partial charge >= 0.3 is 0 Å². The number of imidazole rings is 1. The minimum atomic E-state index is -0.820. The van der Waals surface area contributed by atoms with Gasteiger partial charge in [-0.25, -0.2) is 15.0 Å². The fraction of sp³-hybridized carbons (Fsp3) is 0.421. The van der Waals surface area contributed by atoms with Crippen molar-refractivity contribution in [3.63, 3.8) is 0 Å². The largest absolute Gasteiger partial charge is 0.481 e. The Bertz CT molecular complexity index is 1040. The van der Waals surface area contributed by atoms with Crippen molar-refractivity contribution in [3.8, 4) is 5.88 Å². The number of hydrogen-bond acceptors (Lipinski definition) is 7. The molecular formula is C19H20ClN5O3. The molecule has 2 saturated carbocycles. The van der Waals surface area contributed by atoms with Gasteiger partial charge in [-0.15, -0.1) is 0 Å². The fourth-order valence-corrected chi connectivity index (χ4v) is 4.47. The molecule has 3 aromatic rings. The van der Waals surface area contributed by atoms with E-state index in [4.69, 9.17) is 16.3 Å². The third kappa shape index (κ3) is 2.80. The predicted octanol–water partition coefficient (Wildman–Crippen LogP) is 2.01. The number of rotatable bonds is 5. The molecule has 0 aromatic carbocycles. The van der Waals surface area contributed by atoms with Gasteiger partial charge in [-0.1, -0.05) is 17.7 Å². The van der Waals surface area contributed by atoms with Crippen LogP contribution in [-0.4, -0.2) is 49.0 Å². The van der Waals surface area contributed by atoms with E-state index >= 15 is 0 Å². The molecule has 0 saturated heterocycles. The first-order chi connectivity index (χ1) is 13.6. The van der Waals surface area contributed by atoms with E-state index in [2.05, 4.69) is 20.3 Å². The summed E-state index contributed by atoms with van der Waals surface area (Å²) in [5.41, 5.74) is 2.81. The van der Waals surface area contributed by atoms with Gasteiger partial charge in [0.15, 0.2) is 5.65 Å². The summed E-state index contributed by atoms with van der Waals surface area (Å²) in [4.78, 5) is 13.3. The number of fused-ring (bicyclic) bond motifs is 2. The first-order valence-electron chi connectivity index (χ1n) is 9.20. The van der Waals surface area contributed by atoms with Crippen LogP contribution in [0.25, 0.3) is 11.2 Å². The summed E-state index contributed by atoms with van der Waals surface area (Å²) in [6.45, 7) is 0.467. The van der Waals surface area contributed by atoms with Gasteiger partial charge in [-0.05, 0) is 24.3 Å². The number of aromatic nitrogens is 4. The van der Waals surface area contributed by atoms with Crippen molar-refractivity contribution in [1.82, 2.24) is 19.5 Å². The second-order valence-corrected chi connectivity index (χ2v) is 7.76. The first-order valence-corrected chi connectivity index (χ1v) is 9.57. The minimum absolute atomic E-state index is 0.161. The number of anilines is 1. The van der Waals surface area contributed by atoms with Crippen LogP contribution in [0.3, 0.4) is 0 Å². The summed E-state index contributed by atoms with van der Waals surface area (Å²) < 4.78 is 7.01. The van der Waals surface area contributed by atoms with Crippen molar-refractivity contribution in [2.75, 3.05) is 12.4 Å². The van der Waals surface area contributed by atoms with Crippen molar-refractivity contribution >= 4 is 28.5 Å². The highest BCUT2D eigenvalue weighted by Crippen LogP contribution is 2.58. The van der Waals surface area contributed by atoms with Crippen LogP contribution in [0.1, 0.15) is 18.2 Å². The normalized spacial score (nSPS) is 28.4. The minimum Gasteiger partial charge on any atom is -0.481 e. The molecule has 0 aliphatic heterocycles. The van der Waals surface area contributed by atoms with Crippen LogP contribution in [0.2, 0.25) is 5.15 Å². The van der Waals surface area contributed by atoms with E-state index in [9.17, 15) is 10.2 Å². The third-order valence-electron chi connectivity index (χ3n) is 5.74. The van der Waals surface area contributed by atoms with Crippen molar-refractivity contribution in [2.24, 2.45) is 11.8 Å². The van der Waals surface area contributed by atoms with Gasteiger partial charge in [-0.2, -0.15) is 0 Å². The molecule has 3 N–H and O–H groups in total. The van der Waals surface area contributed by atoms with Crippen LogP contribution < -0.4 is 10.1 Å². The second-order valence-electron chi connectivity index (χ2n) is 7.38. The van der Waals surface area contributed by atoms with Crippen LogP contribution in [-0.2, 0) is 6.54 Å². The Morgan fingerprint density at radius 2 is 2.11 bits per heavy atom. The summed E-state index contributed by atoms with van der Waals surface area (Å²) in [6.07, 6.45) is 1.07. The van der Waals surface area contributed by atoms with E-state index in [-0.39, 0.29) is 17.9 Å². The van der Waals surface area contributed by atoms with Crippen LogP contribution in [0, 0.1) is 11.8 Å². The Kier molecular flexibility index (Phi) is 4.15. The second kappa shape index (κ2) is 6.58. The monoisotopic (exact) mass is 401 g/mol. The highest BCUT2D eigenvalue weighted by molar-refractivity contribution is 6.30. The Labute approximate surface area is 166 Å². The van der Waals surface area contributed by atoms with Crippen LogP contribution in [0.5, 0.6) is 5.88 Å². The SMILES string of the molecule is COc1cccc(CNc2cc(Cl)nc3c2ncn3[C@H]2[C@H](O)[C@H](O)[C@@H]3C[C@@H]32)n1. The Morgan fingerprint density at radius 1 is 1.25 bits per heavy atom. The van der Waals surface area contributed by atoms with Crippen molar-refractivity contribution < 1.29 is 14.9 Å². The number of aliphatic hydroxyl groups is 2. The van der Waals surface area contributed by atoms with Gasteiger partial charge in [0.1, 0.15) is 16.8 Å². The summed E-state index contributed by atoms with van der Waals surface area (Å²) in [5, 5.41) is 24.2. The zero-order valence-electron chi connectivity index (χ0n) is 15.2.